The van der Waals surface area contributed by atoms with Gasteiger partial charge in [0, 0.05) is 18.7 Å². The number of nitrogens with one attached hydrogen (secondary N) is 1. The van der Waals surface area contributed by atoms with Gasteiger partial charge in [0.2, 0.25) is 5.88 Å². The smallest absolute Gasteiger partial charge is 0.274 e. The zero-order valence-corrected chi connectivity index (χ0v) is 16.6. The van der Waals surface area contributed by atoms with Gasteiger partial charge in [0.15, 0.2) is 0 Å². The Labute approximate surface area is 167 Å². The summed E-state index contributed by atoms with van der Waals surface area (Å²) in [4.78, 5) is 16.1. The molecule has 1 fully saturated rings. The van der Waals surface area contributed by atoms with Crippen molar-refractivity contribution in [1.82, 2.24) is 14.8 Å². The van der Waals surface area contributed by atoms with Gasteiger partial charge in [-0.15, -0.1) is 5.10 Å². The van der Waals surface area contributed by atoms with Gasteiger partial charge in [-0.2, -0.15) is 0 Å². The number of nitrogens with zero attached hydrogens (tertiary/aromatic N) is 3. The van der Waals surface area contributed by atoms with Gasteiger partial charge in [0.1, 0.15) is 11.5 Å². The highest BCUT2D eigenvalue weighted by molar-refractivity contribution is 6.04. The van der Waals surface area contributed by atoms with Crippen LogP contribution in [0.3, 0.4) is 0 Å². The molecule has 3 heterocycles. The van der Waals surface area contributed by atoms with E-state index in [1.807, 2.05) is 19.2 Å². The van der Waals surface area contributed by atoms with Crippen LogP contribution in [0.2, 0.25) is 0 Å². The molecule has 1 N–H and O–H groups in total. The largest absolute Gasteiger partial charge is 0.476 e. The van der Waals surface area contributed by atoms with E-state index in [2.05, 4.69) is 29.2 Å². The zero-order chi connectivity index (χ0) is 20.6. The van der Waals surface area contributed by atoms with Crippen molar-refractivity contribution in [2.75, 3.05) is 18.5 Å². The zero-order valence-electron chi connectivity index (χ0n) is 16.6. The predicted molar refractivity (Wildman–Crippen MR) is 106 cm³/mol. The predicted octanol–water partition coefficient (Wildman–Crippen LogP) is 3.55. The fraction of sp³-hybridized carbons (Fsp3) is 0.381. The summed E-state index contributed by atoms with van der Waals surface area (Å²) in [6.45, 7) is 5.40. The van der Waals surface area contributed by atoms with Crippen molar-refractivity contribution < 1.29 is 18.7 Å². The van der Waals surface area contributed by atoms with Gasteiger partial charge in [-0.1, -0.05) is 0 Å². The van der Waals surface area contributed by atoms with E-state index in [4.69, 9.17) is 9.47 Å². The van der Waals surface area contributed by atoms with Gasteiger partial charge in [-0.05, 0) is 50.6 Å². The maximum atomic E-state index is 13.0. The van der Waals surface area contributed by atoms with E-state index in [1.54, 1.807) is 10.7 Å². The first kappa shape index (κ1) is 19.3. The van der Waals surface area contributed by atoms with E-state index in [9.17, 15) is 9.18 Å². The molecule has 1 atom stereocenters. The van der Waals surface area contributed by atoms with Gasteiger partial charge in [-0.25, -0.2) is 9.37 Å². The number of fused-ring (bicyclic) bond motifs is 1. The molecule has 1 saturated heterocycles. The molecule has 3 aromatic rings. The van der Waals surface area contributed by atoms with Crippen molar-refractivity contribution in [2.45, 2.75) is 25.9 Å². The molecule has 1 aliphatic rings. The minimum atomic E-state index is -0.488. The van der Waals surface area contributed by atoms with Crippen LogP contribution in [0.15, 0.2) is 36.5 Å². The Balaban J connectivity index is 1.47. The summed E-state index contributed by atoms with van der Waals surface area (Å²) in [6.07, 6.45) is 1.96. The maximum Gasteiger partial charge on any atom is 0.274 e. The molecule has 29 heavy (non-hydrogen) atoms. The molecule has 0 saturated carbocycles. The van der Waals surface area contributed by atoms with Gasteiger partial charge in [0.05, 0.1) is 35.9 Å². The Morgan fingerprint density at radius 2 is 2.21 bits per heavy atom. The molecule has 4 rings (SSSR count). The normalized spacial score (nSPS) is 18.1. The van der Waals surface area contributed by atoms with Gasteiger partial charge in [-0.3, -0.25) is 9.48 Å². The highest BCUT2D eigenvalue weighted by Crippen LogP contribution is 2.31. The number of rotatable bonds is 5. The Kier molecular flexibility index (Phi) is 4.96. The topological polar surface area (TPSA) is 78.3 Å². The molecule has 1 amide bonds. The standard InChI is InChI=1S/C21H23FN4O3/c1-21(2)9-13(12-29-21)11-28-20-16-6-5-15(8-18(16)26(3)25-20)24-19(27)17-7-4-14(22)10-23-17/h4-8,10,13H,9,11-12H2,1-3H3,(H,24,27). The number of benzene rings is 1. The number of carbonyl (C=O) groups excluding carboxylic acids is 1. The van der Waals surface area contributed by atoms with E-state index < -0.39 is 11.7 Å². The minimum absolute atomic E-state index is 0.104. The van der Waals surface area contributed by atoms with Crippen molar-refractivity contribution in [3.63, 3.8) is 0 Å². The molecule has 0 aliphatic carbocycles. The average molecular weight is 398 g/mol. The van der Waals surface area contributed by atoms with E-state index in [0.29, 0.717) is 30.7 Å². The number of hydrogen-bond acceptors (Lipinski definition) is 5. The van der Waals surface area contributed by atoms with Crippen molar-refractivity contribution >= 4 is 22.5 Å². The molecule has 7 nitrogen and oxygen atoms in total. The number of amides is 1. The fourth-order valence-electron chi connectivity index (χ4n) is 3.57. The highest BCUT2D eigenvalue weighted by Gasteiger charge is 2.32. The Morgan fingerprint density at radius 1 is 1.38 bits per heavy atom. The van der Waals surface area contributed by atoms with Crippen molar-refractivity contribution in [1.29, 1.82) is 0 Å². The monoisotopic (exact) mass is 398 g/mol. The molecular weight excluding hydrogens is 375 g/mol. The number of hydrogen-bond donors (Lipinski definition) is 1. The number of pyridine rings is 1. The third kappa shape index (κ3) is 4.22. The minimum Gasteiger partial charge on any atom is -0.476 e. The van der Waals surface area contributed by atoms with Crippen molar-refractivity contribution in [3.8, 4) is 5.88 Å². The van der Waals surface area contributed by atoms with Gasteiger partial charge in [0.25, 0.3) is 5.91 Å². The third-order valence-electron chi connectivity index (χ3n) is 4.98. The lowest BCUT2D eigenvalue weighted by molar-refractivity contribution is 0.0340. The molecule has 8 heteroatoms. The lowest BCUT2D eigenvalue weighted by atomic mass is 9.99. The lowest BCUT2D eigenvalue weighted by Gasteiger charge is -2.15. The molecule has 1 aliphatic heterocycles. The second-order valence-corrected chi connectivity index (χ2v) is 7.93. The van der Waals surface area contributed by atoms with Crippen LogP contribution >= 0.6 is 0 Å². The third-order valence-corrected chi connectivity index (χ3v) is 4.98. The van der Waals surface area contributed by atoms with E-state index in [0.717, 1.165) is 23.5 Å². The van der Waals surface area contributed by atoms with Crippen LogP contribution in [-0.4, -0.2) is 39.5 Å². The number of anilines is 1. The van der Waals surface area contributed by atoms with E-state index >= 15 is 0 Å². The van der Waals surface area contributed by atoms with Crippen LogP contribution < -0.4 is 10.1 Å². The fourth-order valence-corrected chi connectivity index (χ4v) is 3.57. The number of ether oxygens (including phenoxy) is 2. The summed E-state index contributed by atoms with van der Waals surface area (Å²) < 4.78 is 26.4. The van der Waals surface area contributed by atoms with Crippen molar-refractivity contribution in [2.24, 2.45) is 13.0 Å². The number of aryl methyl sites for hydroxylation is 1. The second kappa shape index (κ2) is 7.44. The van der Waals surface area contributed by atoms with Crippen LogP contribution in [0, 0.1) is 11.7 Å². The first-order chi connectivity index (χ1) is 13.8. The molecule has 0 bridgehead atoms. The summed E-state index contributed by atoms with van der Waals surface area (Å²) in [6, 6.07) is 8.00. The molecule has 1 aromatic carbocycles. The summed E-state index contributed by atoms with van der Waals surface area (Å²) >= 11 is 0. The van der Waals surface area contributed by atoms with Crippen LogP contribution in [0.25, 0.3) is 10.9 Å². The van der Waals surface area contributed by atoms with Gasteiger partial charge < -0.3 is 14.8 Å². The molecule has 0 radical (unpaired) electrons. The summed E-state index contributed by atoms with van der Waals surface area (Å²) in [5.74, 6) is -0.000867. The molecule has 1 unspecified atom stereocenters. The second-order valence-electron chi connectivity index (χ2n) is 7.93. The van der Waals surface area contributed by atoms with Crippen LogP contribution in [0.5, 0.6) is 5.88 Å². The lowest BCUT2D eigenvalue weighted by Crippen LogP contribution is -2.18. The van der Waals surface area contributed by atoms with Gasteiger partial charge >= 0.3 is 0 Å². The molecule has 2 aromatic heterocycles. The van der Waals surface area contributed by atoms with E-state index in [-0.39, 0.29) is 11.3 Å². The highest BCUT2D eigenvalue weighted by atomic mass is 19.1. The van der Waals surface area contributed by atoms with Crippen molar-refractivity contribution in [3.05, 3.63) is 48.0 Å². The first-order valence-corrected chi connectivity index (χ1v) is 9.47. The summed E-state index contributed by atoms with van der Waals surface area (Å²) in [7, 11) is 1.82. The first-order valence-electron chi connectivity index (χ1n) is 9.47. The molecule has 0 spiro atoms. The quantitative estimate of drug-likeness (QED) is 0.711. The van der Waals surface area contributed by atoms with E-state index in [1.165, 1.54) is 12.1 Å². The Morgan fingerprint density at radius 3 is 2.90 bits per heavy atom. The summed E-state index contributed by atoms with van der Waals surface area (Å²) in [5.41, 5.74) is 1.45. The maximum absolute atomic E-state index is 13.0. The Bertz CT molecular complexity index is 1050. The molecular formula is C21H23FN4O3. The number of carbonyl (C=O) groups is 1. The van der Waals surface area contributed by atoms with Crippen LogP contribution in [0.4, 0.5) is 10.1 Å². The van der Waals surface area contributed by atoms with Crippen LogP contribution in [-0.2, 0) is 11.8 Å². The SMILES string of the molecule is Cn1nc(OCC2COC(C)(C)C2)c2ccc(NC(=O)c3ccc(F)cn3)cc21. The average Bonchev–Trinajstić information content (AvgIpc) is 3.19. The summed E-state index contributed by atoms with van der Waals surface area (Å²) in [5, 5.41) is 8.10. The Hall–Kier alpha value is -3.00. The van der Waals surface area contributed by atoms with Crippen LogP contribution in [0.1, 0.15) is 30.8 Å². The number of halogens is 1. The molecule has 152 valence electrons. The number of aromatic nitrogens is 3.